The Morgan fingerprint density at radius 1 is 1.10 bits per heavy atom. The SMILES string of the molecule is NC(Cn1cncc1-c1cccc(Br)c1)c1ccccc1. The number of imidazole rings is 1. The summed E-state index contributed by atoms with van der Waals surface area (Å²) < 4.78 is 3.15. The third-order valence-corrected chi connectivity index (χ3v) is 3.95. The van der Waals surface area contributed by atoms with Crippen molar-refractivity contribution in [2.45, 2.75) is 12.6 Å². The highest BCUT2D eigenvalue weighted by atomic mass is 79.9. The van der Waals surface area contributed by atoms with Gasteiger partial charge in [-0.15, -0.1) is 0 Å². The van der Waals surface area contributed by atoms with Crippen molar-refractivity contribution in [3.8, 4) is 11.3 Å². The molecule has 3 rings (SSSR count). The van der Waals surface area contributed by atoms with Crippen LogP contribution < -0.4 is 5.73 Å². The Hall–Kier alpha value is -1.91. The molecule has 2 N–H and O–H groups in total. The first-order valence-electron chi connectivity index (χ1n) is 6.80. The van der Waals surface area contributed by atoms with E-state index >= 15 is 0 Å². The van der Waals surface area contributed by atoms with E-state index in [0.29, 0.717) is 6.54 Å². The van der Waals surface area contributed by atoms with E-state index in [1.807, 2.05) is 42.9 Å². The summed E-state index contributed by atoms with van der Waals surface area (Å²) in [5.74, 6) is 0. The number of hydrogen-bond donors (Lipinski definition) is 1. The molecule has 1 aromatic heterocycles. The van der Waals surface area contributed by atoms with Crippen molar-refractivity contribution < 1.29 is 0 Å². The molecule has 0 saturated carbocycles. The molecular formula is C17H16BrN3. The highest BCUT2D eigenvalue weighted by Crippen LogP contribution is 2.24. The zero-order chi connectivity index (χ0) is 14.7. The van der Waals surface area contributed by atoms with Gasteiger partial charge in [-0.05, 0) is 17.7 Å². The van der Waals surface area contributed by atoms with Crippen molar-refractivity contribution in [1.29, 1.82) is 0 Å². The van der Waals surface area contributed by atoms with Crippen LogP contribution in [0.15, 0.2) is 71.6 Å². The molecular weight excluding hydrogens is 326 g/mol. The molecule has 0 saturated heterocycles. The molecule has 2 aromatic carbocycles. The summed E-state index contributed by atoms with van der Waals surface area (Å²) >= 11 is 3.51. The van der Waals surface area contributed by atoms with Crippen molar-refractivity contribution in [3.05, 3.63) is 77.2 Å². The van der Waals surface area contributed by atoms with Crippen LogP contribution in [0.5, 0.6) is 0 Å². The molecule has 1 heterocycles. The fourth-order valence-electron chi connectivity index (χ4n) is 2.37. The second-order valence-corrected chi connectivity index (χ2v) is 5.87. The van der Waals surface area contributed by atoms with Crippen LogP contribution >= 0.6 is 15.9 Å². The smallest absolute Gasteiger partial charge is 0.0951 e. The van der Waals surface area contributed by atoms with Gasteiger partial charge < -0.3 is 10.3 Å². The van der Waals surface area contributed by atoms with Crippen molar-refractivity contribution in [1.82, 2.24) is 9.55 Å². The molecule has 0 aliphatic carbocycles. The molecule has 1 unspecified atom stereocenters. The zero-order valence-corrected chi connectivity index (χ0v) is 13.1. The Labute approximate surface area is 132 Å². The van der Waals surface area contributed by atoms with Gasteiger partial charge >= 0.3 is 0 Å². The van der Waals surface area contributed by atoms with Gasteiger partial charge in [0.25, 0.3) is 0 Å². The van der Waals surface area contributed by atoms with E-state index in [4.69, 9.17) is 5.73 Å². The lowest BCUT2D eigenvalue weighted by atomic mass is 10.1. The predicted octanol–water partition coefficient (Wildman–Crippen LogP) is 4.01. The number of rotatable bonds is 4. The predicted molar refractivity (Wildman–Crippen MR) is 88.7 cm³/mol. The molecule has 3 nitrogen and oxygen atoms in total. The minimum absolute atomic E-state index is 0.0497. The number of benzene rings is 2. The first-order chi connectivity index (χ1) is 10.2. The average Bonchev–Trinajstić information content (AvgIpc) is 2.96. The first-order valence-corrected chi connectivity index (χ1v) is 7.60. The highest BCUT2D eigenvalue weighted by molar-refractivity contribution is 9.10. The van der Waals surface area contributed by atoms with Gasteiger partial charge in [-0.25, -0.2) is 4.98 Å². The molecule has 4 heteroatoms. The Balaban J connectivity index is 1.86. The van der Waals surface area contributed by atoms with Gasteiger partial charge in [0.15, 0.2) is 0 Å². The largest absolute Gasteiger partial charge is 0.329 e. The number of halogens is 1. The van der Waals surface area contributed by atoms with Gasteiger partial charge in [-0.2, -0.15) is 0 Å². The molecule has 0 aliphatic rings. The zero-order valence-electron chi connectivity index (χ0n) is 11.5. The van der Waals surface area contributed by atoms with Gasteiger partial charge in [0, 0.05) is 22.6 Å². The summed E-state index contributed by atoms with van der Waals surface area (Å²) in [6, 6.07) is 18.3. The van der Waals surface area contributed by atoms with Crippen LogP contribution in [0.3, 0.4) is 0 Å². The quantitative estimate of drug-likeness (QED) is 0.778. The Kier molecular flexibility index (Phi) is 4.18. The maximum absolute atomic E-state index is 6.31. The van der Waals surface area contributed by atoms with Gasteiger partial charge in [-0.1, -0.05) is 58.4 Å². The molecule has 106 valence electrons. The third kappa shape index (κ3) is 3.23. The van der Waals surface area contributed by atoms with Crippen LogP contribution in [0.1, 0.15) is 11.6 Å². The fraction of sp³-hybridized carbons (Fsp3) is 0.118. The summed E-state index contributed by atoms with van der Waals surface area (Å²) in [5.41, 5.74) is 9.64. The summed E-state index contributed by atoms with van der Waals surface area (Å²) in [5, 5.41) is 0. The normalized spacial score (nSPS) is 12.3. The fourth-order valence-corrected chi connectivity index (χ4v) is 2.77. The molecule has 3 aromatic rings. The molecule has 0 amide bonds. The van der Waals surface area contributed by atoms with E-state index in [9.17, 15) is 0 Å². The summed E-state index contributed by atoms with van der Waals surface area (Å²) in [6.07, 6.45) is 3.71. The lowest BCUT2D eigenvalue weighted by molar-refractivity contribution is 0.580. The van der Waals surface area contributed by atoms with Crippen molar-refractivity contribution in [2.75, 3.05) is 0 Å². The maximum Gasteiger partial charge on any atom is 0.0951 e. The Morgan fingerprint density at radius 3 is 2.67 bits per heavy atom. The Bertz CT molecular complexity index is 722. The van der Waals surface area contributed by atoms with E-state index in [1.54, 1.807) is 0 Å². The molecule has 0 spiro atoms. The molecule has 21 heavy (non-hydrogen) atoms. The Morgan fingerprint density at radius 2 is 1.90 bits per heavy atom. The standard InChI is InChI=1S/C17H16BrN3/c18-15-8-4-7-14(9-15)17-10-20-12-21(17)11-16(19)13-5-2-1-3-6-13/h1-10,12,16H,11,19H2. The van der Waals surface area contributed by atoms with E-state index in [-0.39, 0.29) is 6.04 Å². The topological polar surface area (TPSA) is 43.8 Å². The minimum Gasteiger partial charge on any atom is -0.329 e. The van der Waals surface area contributed by atoms with Gasteiger partial charge in [0.2, 0.25) is 0 Å². The van der Waals surface area contributed by atoms with Crippen molar-refractivity contribution >= 4 is 15.9 Å². The molecule has 0 radical (unpaired) electrons. The van der Waals surface area contributed by atoms with Crippen LogP contribution in [0.4, 0.5) is 0 Å². The van der Waals surface area contributed by atoms with Gasteiger partial charge in [0.1, 0.15) is 0 Å². The lowest BCUT2D eigenvalue weighted by Gasteiger charge is -2.15. The van der Waals surface area contributed by atoms with Gasteiger partial charge in [-0.3, -0.25) is 0 Å². The second kappa shape index (κ2) is 6.24. The summed E-state index contributed by atoms with van der Waals surface area (Å²) in [6.45, 7) is 0.700. The van der Waals surface area contributed by atoms with Crippen LogP contribution in [0.2, 0.25) is 0 Å². The number of hydrogen-bond acceptors (Lipinski definition) is 2. The van der Waals surface area contributed by atoms with E-state index in [1.165, 1.54) is 0 Å². The van der Waals surface area contributed by atoms with Gasteiger partial charge in [0.05, 0.1) is 18.2 Å². The average molecular weight is 342 g/mol. The van der Waals surface area contributed by atoms with Crippen molar-refractivity contribution in [2.24, 2.45) is 5.73 Å². The molecule has 0 aliphatic heterocycles. The molecule has 0 bridgehead atoms. The first kappa shape index (κ1) is 14.0. The lowest BCUT2D eigenvalue weighted by Crippen LogP contribution is -2.17. The highest BCUT2D eigenvalue weighted by Gasteiger charge is 2.10. The van der Waals surface area contributed by atoms with Crippen molar-refractivity contribution in [3.63, 3.8) is 0 Å². The van der Waals surface area contributed by atoms with Crippen LogP contribution in [-0.2, 0) is 6.54 Å². The molecule has 0 fully saturated rings. The van der Waals surface area contributed by atoms with E-state index < -0.39 is 0 Å². The van der Waals surface area contributed by atoms with Crippen LogP contribution in [-0.4, -0.2) is 9.55 Å². The summed E-state index contributed by atoms with van der Waals surface area (Å²) in [4.78, 5) is 4.27. The number of nitrogens with zero attached hydrogens (tertiary/aromatic N) is 2. The van der Waals surface area contributed by atoms with E-state index in [2.05, 4.69) is 49.7 Å². The number of nitrogens with two attached hydrogens (primary N) is 1. The minimum atomic E-state index is -0.0497. The maximum atomic E-state index is 6.31. The van der Waals surface area contributed by atoms with Crippen LogP contribution in [0, 0.1) is 0 Å². The number of aromatic nitrogens is 2. The summed E-state index contributed by atoms with van der Waals surface area (Å²) in [7, 11) is 0. The third-order valence-electron chi connectivity index (χ3n) is 3.45. The van der Waals surface area contributed by atoms with Crippen LogP contribution in [0.25, 0.3) is 11.3 Å². The monoisotopic (exact) mass is 341 g/mol. The molecule has 1 atom stereocenters. The van der Waals surface area contributed by atoms with E-state index in [0.717, 1.165) is 21.3 Å². The second-order valence-electron chi connectivity index (χ2n) is 4.96.